The van der Waals surface area contributed by atoms with Gasteiger partial charge >= 0.3 is 0 Å². The summed E-state index contributed by atoms with van der Waals surface area (Å²) in [6.07, 6.45) is 1.16. The molecule has 0 saturated carbocycles. The monoisotopic (exact) mass is 414 g/mol. The molecule has 1 aliphatic heterocycles. The third kappa shape index (κ3) is 5.31. The third-order valence-electron chi connectivity index (χ3n) is 6.12. The summed E-state index contributed by atoms with van der Waals surface area (Å²) in [6, 6.07) is 3.86. The van der Waals surface area contributed by atoms with E-state index in [0.29, 0.717) is 30.2 Å². The van der Waals surface area contributed by atoms with Crippen LogP contribution in [0.2, 0.25) is 23.2 Å². The molecule has 1 fully saturated rings. The van der Waals surface area contributed by atoms with E-state index >= 15 is 0 Å². The molecule has 3 atom stereocenters. The van der Waals surface area contributed by atoms with Crippen LogP contribution in [-0.4, -0.2) is 27.4 Å². The van der Waals surface area contributed by atoms with Crippen LogP contribution in [0.25, 0.3) is 0 Å². The van der Waals surface area contributed by atoms with Crippen molar-refractivity contribution in [3.8, 4) is 0 Å². The van der Waals surface area contributed by atoms with Crippen LogP contribution >= 0.6 is 11.6 Å². The minimum atomic E-state index is -1.84. The number of piperidine rings is 1. The minimum Gasteiger partial charge on any atom is -0.417 e. The summed E-state index contributed by atoms with van der Waals surface area (Å²) in [5, 5.41) is 3.54. The largest absolute Gasteiger partial charge is 0.417 e. The molecule has 7 heteroatoms. The Labute approximate surface area is 168 Å². The number of rotatable bonds is 6. The molecule has 2 rings (SSSR count). The van der Waals surface area contributed by atoms with Gasteiger partial charge in [0.05, 0.1) is 6.04 Å². The highest BCUT2D eigenvalue weighted by atomic mass is 35.5. The summed E-state index contributed by atoms with van der Waals surface area (Å²) in [6.45, 7) is 12.1. The van der Waals surface area contributed by atoms with Gasteiger partial charge in [-0.1, -0.05) is 32.4 Å². The maximum Gasteiger partial charge on any atom is 0.220 e. The first-order chi connectivity index (χ1) is 12.5. The first-order valence-electron chi connectivity index (χ1n) is 9.54. The molecular formula is C20H32ClFN2O2Si. The predicted molar refractivity (Wildman–Crippen MR) is 111 cm³/mol. The average Bonchev–Trinajstić information content (AvgIpc) is 2.55. The summed E-state index contributed by atoms with van der Waals surface area (Å²) >= 11 is 6.28. The average molecular weight is 415 g/mol. The Morgan fingerprint density at radius 1 is 1.37 bits per heavy atom. The second-order valence-corrected chi connectivity index (χ2v) is 14.2. The molecule has 152 valence electrons. The molecule has 3 N–H and O–H groups in total. The molecule has 1 aliphatic rings. The lowest BCUT2D eigenvalue weighted by Crippen LogP contribution is -2.47. The first-order valence-corrected chi connectivity index (χ1v) is 12.8. The molecule has 1 amide bonds. The second kappa shape index (κ2) is 8.60. The summed E-state index contributed by atoms with van der Waals surface area (Å²) in [7, 11) is -1.84. The highest BCUT2D eigenvalue weighted by Gasteiger charge is 2.40. The standard InChI is InChI=1S/C20H32ClFN2O2Si/c1-20(2,3)27(4,5)26-9-8-13-10-18(25)24-19(16(13)12-23)15-11-14(22)6-7-17(15)21/h6-7,11,13,16,19H,8-10,12,23H2,1-5H3,(H,24,25)/t13-,16+,19-/m0/s1. The molecule has 0 aliphatic carbocycles. The van der Waals surface area contributed by atoms with Crippen molar-refractivity contribution in [1.29, 1.82) is 0 Å². The number of carbonyl (C=O) groups excluding carboxylic acids is 1. The topological polar surface area (TPSA) is 64.3 Å². The van der Waals surface area contributed by atoms with E-state index in [0.717, 1.165) is 6.42 Å². The highest BCUT2D eigenvalue weighted by Crippen LogP contribution is 2.40. The number of nitrogens with two attached hydrogens (primary N) is 1. The summed E-state index contributed by atoms with van der Waals surface area (Å²) in [5.41, 5.74) is 6.65. The smallest absolute Gasteiger partial charge is 0.220 e. The van der Waals surface area contributed by atoms with E-state index in [1.54, 1.807) is 0 Å². The Morgan fingerprint density at radius 2 is 2.04 bits per heavy atom. The zero-order chi connectivity index (χ0) is 20.4. The molecule has 0 radical (unpaired) electrons. The lowest BCUT2D eigenvalue weighted by molar-refractivity contribution is -0.126. The molecule has 0 aromatic heterocycles. The molecule has 0 bridgehead atoms. The minimum absolute atomic E-state index is 0.00924. The van der Waals surface area contributed by atoms with E-state index in [1.807, 2.05) is 0 Å². The van der Waals surface area contributed by atoms with Gasteiger partial charge in [0.15, 0.2) is 8.32 Å². The van der Waals surface area contributed by atoms with E-state index in [2.05, 4.69) is 39.2 Å². The van der Waals surface area contributed by atoms with Crippen LogP contribution < -0.4 is 11.1 Å². The van der Waals surface area contributed by atoms with Crippen LogP contribution in [-0.2, 0) is 9.22 Å². The van der Waals surface area contributed by atoms with Gasteiger partial charge in [-0.2, -0.15) is 0 Å². The van der Waals surface area contributed by atoms with Crippen molar-refractivity contribution in [3.05, 3.63) is 34.6 Å². The Hall–Kier alpha value is -0.953. The van der Waals surface area contributed by atoms with Gasteiger partial charge in [0.25, 0.3) is 0 Å². The molecule has 27 heavy (non-hydrogen) atoms. The number of nitrogens with one attached hydrogen (secondary N) is 1. The number of hydrogen-bond donors (Lipinski definition) is 2. The Bertz CT molecular complexity index is 678. The van der Waals surface area contributed by atoms with Gasteiger partial charge in [-0.25, -0.2) is 4.39 Å². The molecule has 1 aromatic carbocycles. The van der Waals surface area contributed by atoms with E-state index in [-0.39, 0.29) is 34.6 Å². The number of carbonyl (C=O) groups is 1. The Balaban J connectivity index is 2.15. The quantitative estimate of drug-likeness (QED) is 0.666. The van der Waals surface area contributed by atoms with Crippen molar-refractivity contribution in [1.82, 2.24) is 5.32 Å². The van der Waals surface area contributed by atoms with Crippen molar-refractivity contribution in [2.24, 2.45) is 17.6 Å². The summed E-state index contributed by atoms with van der Waals surface area (Å²) in [4.78, 5) is 12.3. The predicted octanol–water partition coefficient (Wildman–Crippen LogP) is 4.64. The second-order valence-electron chi connectivity index (χ2n) is 8.97. The lowest BCUT2D eigenvalue weighted by atomic mass is 9.76. The van der Waals surface area contributed by atoms with Crippen LogP contribution in [0.3, 0.4) is 0 Å². The first kappa shape index (κ1) is 22.3. The van der Waals surface area contributed by atoms with E-state index in [4.69, 9.17) is 21.8 Å². The van der Waals surface area contributed by atoms with Gasteiger partial charge in [-0.05, 0) is 66.7 Å². The van der Waals surface area contributed by atoms with Gasteiger partial charge in [0.1, 0.15) is 5.82 Å². The molecule has 0 spiro atoms. The lowest BCUT2D eigenvalue weighted by Gasteiger charge is -2.40. The van der Waals surface area contributed by atoms with Crippen molar-refractivity contribution in [3.63, 3.8) is 0 Å². The van der Waals surface area contributed by atoms with Crippen molar-refractivity contribution >= 4 is 25.8 Å². The Morgan fingerprint density at radius 3 is 2.63 bits per heavy atom. The number of halogens is 2. The fourth-order valence-electron chi connectivity index (χ4n) is 3.39. The summed E-state index contributed by atoms with van der Waals surface area (Å²) in [5.74, 6) is -0.354. The van der Waals surface area contributed by atoms with Gasteiger partial charge in [0.2, 0.25) is 5.91 Å². The normalized spacial score (nSPS) is 24.0. The van der Waals surface area contributed by atoms with Crippen LogP contribution in [0.4, 0.5) is 4.39 Å². The van der Waals surface area contributed by atoms with E-state index in [9.17, 15) is 9.18 Å². The van der Waals surface area contributed by atoms with Gasteiger partial charge in [-0.3, -0.25) is 4.79 Å². The highest BCUT2D eigenvalue weighted by molar-refractivity contribution is 6.74. The molecular weight excluding hydrogens is 383 g/mol. The van der Waals surface area contributed by atoms with Crippen molar-refractivity contribution in [2.75, 3.05) is 13.2 Å². The number of amides is 1. The van der Waals surface area contributed by atoms with E-state index < -0.39 is 8.32 Å². The van der Waals surface area contributed by atoms with Crippen LogP contribution in [0.15, 0.2) is 18.2 Å². The third-order valence-corrected chi connectivity index (χ3v) is 11.0. The van der Waals surface area contributed by atoms with Gasteiger partial charge < -0.3 is 15.5 Å². The fraction of sp³-hybridized carbons (Fsp3) is 0.650. The molecule has 1 heterocycles. The fourth-order valence-corrected chi connectivity index (χ4v) is 4.69. The van der Waals surface area contributed by atoms with E-state index in [1.165, 1.54) is 18.2 Å². The molecule has 4 nitrogen and oxygen atoms in total. The van der Waals surface area contributed by atoms with Crippen LogP contribution in [0.1, 0.15) is 45.2 Å². The van der Waals surface area contributed by atoms with Crippen LogP contribution in [0.5, 0.6) is 0 Å². The Kier molecular flexibility index (Phi) is 7.11. The summed E-state index contributed by atoms with van der Waals surface area (Å²) < 4.78 is 20.0. The SMILES string of the molecule is CC(C)(C)[Si](C)(C)OCC[C@H]1CC(=O)N[C@@H](c2cc(F)ccc2Cl)[C@@H]1CN. The molecule has 1 saturated heterocycles. The van der Waals surface area contributed by atoms with Crippen molar-refractivity contribution < 1.29 is 13.6 Å². The maximum absolute atomic E-state index is 13.8. The maximum atomic E-state index is 13.8. The van der Waals surface area contributed by atoms with Crippen molar-refractivity contribution in [2.45, 2.75) is 57.8 Å². The zero-order valence-corrected chi connectivity index (χ0v) is 18.7. The molecule has 0 unspecified atom stereocenters. The van der Waals surface area contributed by atoms with Crippen LogP contribution in [0, 0.1) is 17.7 Å². The van der Waals surface area contributed by atoms with Gasteiger partial charge in [0, 0.05) is 18.1 Å². The molecule has 1 aromatic rings. The number of hydrogen-bond acceptors (Lipinski definition) is 3. The number of benzene rings is 1. The zero-order valence-electron chi connectivity index (χ0n) is 16.9. The van der Waals surface area contributed by atoms with Gasteiger partial charge in [-0.15, -0.1) is 0 Å².